The van der Waals surface area contributed by atoms with Crippen molar-refractivity contribution >= 4 is 22.6 Å². The molecule has 0 aliphatic carbocycles. The standard InChI is InChI=1S/C19H17FN4O/c20-16-5-3-14-4-6-18(22-17(14)12-16)23-8-10-24(11-9-23)19(25)15-2-1-7-21-13-15/h1-7,12-13H,8-11H2. The number of hydrogen-bond acceptors (Lipinski definition) is 4. The van der Waals surface area contributed by atoms with Crippen LogP contribution in [-0.4, -0.2) is 47.0 Å². The van der Waals surface area contributed by atoms with E-state index in [2.05, 4.69) is 14.9 Å². The Bertz CT molecular complexity index is 908. The lowest BCUT2D eigenvalue weighted by molar-refractivity contribution is 0.0746. The van der Waals surface area contributed by atoms with E-state index in [9.17, 15) is 9.18 Å². The van der Waals surface area contributed by atoms with Gasteiger partial charge in [-0.1, -0.05) is 0 Å². The van der Waals surface area contributed by atoms with Gasteiger partial charge in [0.2, 0.25) is 0 Å². The number of nitrogens with zero attached hydrogens (tertiary/aromatic N) is 4. The molecule has 3 aromatic rings. The lowest BCUT2D eigenvalue weighted by Gasteiger charge is -2.35. The van der Waals surface area contributed by atoms with Crippen molar-refractivity contribution in [3.8, 4) is 0 Å². The number of amides is 1. The maximum atomic E-state index is 13.4. The van der Waals surface area contributed by atoms with Gasteiger partial charge in [0.15, 0.2) is 0 Å². The molecule has 1 amide bonds. The average molecular weight is 336 g/mol. The average Bonchev–Trinajstić information content (AvgIpc) is 2.67. The van der Waals surface area contributed by atoms with Gasteiger partial charge in [0.25, 0.3) is 5.91 Å². The maximum absolute atomic E-state index is 13.4. The summed E-state index contributed by atoms with van der Waals surface area (Å²) in [6.45, 7) is 2.63. The number of halogens is 1. The number of aromatic nitrogens is 2. The second kappa shape index (κ2) is 6.47. The first-order chi connectivity index (χ1) is 12.2. The highest BCUT2D eigenvalue weighted by atomic mass is 19.1. The monoisotopic (exact) mass is 336 g/mol. The Labute approximate surface area is 144 Å². The topological polar surface area (TPSA) is 49.3 Å². The van der Waals surface area contributed by atoms with E-state index in [-0.39, 0.29) is 11.7 Å². The highest BCUT2D eigenvalue weighted by Crippen LogP contribution is 2.20. The van der Waals surface area contributed by atoms with E-state index in [1.54, 1.807) is 30.6 Å². The molecule has 5 nitrogen and oxygen atoms in total. The Morgan fingerprint density at radius 2 is 1.84 bits per heavy atom. The number of anilines is 1. The molecule has 0 saturated carbocycles. The van der Waals surface area contributed by atoms with Crippen LogP contribution in [0.25, 0.3) is 10.9 Å². The minimum atomic E-state index is -0.288. The van der Waals surface area contributed by atoms with Crippen LogP contribution in [-0.2, 0) is 0 Å². The number of benzene rings is 1. The Hall–Kier alpha value is -3.02. The SMILES string of the molecule is O=C(c1cccnc1)N1CCN(c2ccc3ccc(F)cc3n2)CC1. The van der Waals surface area contributed by atoms with Crippen LogP contribution < -0.4 is 4.90 Å². The van der Waals surface area contributed by atoms with Gasteiger partial charge in [0, 0.05) is 50.0 Å². The fourth-order valence-electron chi connectivity index (χ4n) is 3.07. The number of pyridine rings is 2. The Morgan fingerprint density at radius 3 is 2.60 bits per heavy atom. The highest BCUT2D eigenvalue weighted by Gasteiger charge is 2.23. The second-order valence-corrected chi connectivity index (χ2v) is 6.03. The zero-order valence-electron chi connectivity index (χ0n) is 13.6. The van der Waals surface area contributed by atoms with Crippen molar-refractivity contribution in [1.82, 2.24) is 14.9 Å². The summed E-state index contributed by atoms with van der Waals surface area (Å²) in [5.41, 5.74) is 1.25. The molecule has 0 atom stereocenters. The van der Waals surface area contributed by atoms with Crippen LogP contribution >= 0.6 is 0 Å². The van der Waals surface area contributed by atoms with E-state index in [1.807, 2.05) is 17.0 Å². The van der Waals surface area contributed by atoms with Crippen LogP contribution in [0.1, 0.15) is 10.4 Å². The molecular weight excluding hydrogens is 319 g/mol. The number of carbonyl (C=O) groups is 1. The summed E-state index contributed by atoms with van der Waals surface area (Å²) in [4.78, 5) is 25.0. The molecule has 1 aliphatic rings. The van der Waals surface area contributed by atoms with Gasteiger partial charge in [0.05, 0.1) is 11.1 Å². The number of hydrogen-bond donors (Lipinski definition) is 0. The minimum absolute atomic E-state index is 0.00120. The molecule has 0 radical (unpaired) electrons. The fraction of sp³-hybridized carbons (Fsp3) is 0.211. The van der Waals surface area contributed by atoms with Gasteiger partial charge >= 0.3 is 0 Å². The van der Waals surface area contributed by atoms with Crippen molar-refractivity contribution in [2.75, 3.05) is 31.1 Å². The molecule has 2 aromatic heterocycles. The van der Waals surface area contributed by atoms with Crippen molar-refractivity contribution in [2.24, 2.45) is 0 Å². The van der Waals surface area contributed by atoms with E-state index >= 15 is 0 Å². The predicted molar refractivity (Wildman–Crippen MR) is 94.1 cm³/mol. The zero-order chi connectivity index (χ0) is 17.2. The molecule has 1 aliphatic heterocycles. The largest absolute Gasteiger partial charge is 0.353 e. The summed E-state index contributed by atoms with van der Waals surface area (Å²) in [7, 11) is 0. The summed E-state index contributed by atoms with van der Waals surface area (Å²) >= 11 is 0. The molecule has 126 valence electrons. The third-order valence-corrected chi connectivity index (χ3v) is 4.44. The van der Waals surface area contributed by atoms with Crippen LogP contribution in [0.3, 0.4) is 0 Å². The van der Waals surface area contributed by atoms with E-state index < -0.39 is 0 Å². The van der Waals surface area contributed by atoms with Gasteiger partial charge < -0.3 is 9.80 Å². The Balaban J connectivity index is 1.47. The number of rotatable bonds is 2. The highest BCUT2D eigenvalue weighted by molar-refractivity contribution is 5.94. The van der Waals surface area contributed by atoms with Crippen molar-refractivity contribution in [2.45, 2.75) is 0 Å². The smallest absolute Gasteiger partial charge is 0.255 e. The van der Waals surface area contributed by atoms with E-state index in [0.29, 0.717) is 37.3 Å². The van der Waals surface area contributed by atoms with Crippen molar-refractivity contribution in [3.63, 3.8) is 0 Å². The number of fused-ring (bicyclic) bond motifs is 1. The summed E-state index contributed by atoms with van der Waals surface area (Å²) in [5, 5.41) is 0.913. The van der Waals surface area contributed by atoms with Gasteiger partial charge in [-0.25, -0.2) is 9.37 Å². The molecule has 1 fully saturated rings. The summed E-state index contributed by atoms with van der Waals surface area (Å²) in [6.07, 6.45) is 3.25. The van der Waals surface area contributed by atoms with Gasteiger partial charge in [-0.15, -0.1) is 0 Å². The molecule has 1 saturated heterocycles. The quantitative estimate of drug-likeness (QED) is 0.722. The first kappa shape index (κ1) is 15.5. The minimum Gasteiger partial charge on any atom is -0.353 e. The number of piperazine rings is 1. The molecule has 6 heteroatoms. The van der Waals surface area contributed by atoms with Gasteiger partial charge in [-0.2, -0.15) is 0 Å². The zero-order valence-corrected chi connectivity index (χ0v) is 13.6. The Kier molecular flexibility index (Phi) is 4.01. The first-order valence-corrected chi connectivity index (χ1v) is 8.21. The first-order valence-electron chi connectivity index (χ1n) is 8.21. The van der Waals surface area contributed by atoms with E-state index in [0.717, 1.165) is 11.2 Å². The molecule has 4 rings (SSSR count). The van der Waals surface area contributed by atoms with Gasteiger partial charge in [0.1, 0.15) is 11.6 Å². The van der Waals surface area contributed by atoms with Crippen molar-refractivity contribution in [3.05, 3.63) is 66.2 Å². The van der Waals surface area contributed by atoms with E-state index in [1.165, 1.54) is 12.1 Å². The molecule has 1 aromatic carbocycles. The molecule has 0 N–H and O–H groups in total. The summed E-state index contributed by atoms with van der Waals surface area (Å²) in [5.74, 6) is 0.525. The molecule has 0 unspecified atom stereocenters. The van der Waals surface area contributed by atoms with Crippen LogP contribution in [0.15, 0.2) is 54.9 Å². The summed E-state index contributed by atoms with van der Waals surface area (Å²) < 4.78 is 13.4. The van der Waals surface area contributed by atoms with Crippen LogP contribution in [0, 0.1) is 5.82 Å². The molecule has 3 heterocycles. The van der Waals surface area contributed by atoms with Gasteiger partial charge in [-0.3, -0.25) is 9.78 Å². The lowest BCUT2D eigenvalue weighted by Crippen LogP contribution is -2.49. The van der Waals surface area contributed by atoms with E-state index in [4.69, 9.17) is 0 Å². The van der Waals surface area contributed by atoms with Crippen LogP contribution in [0.2, 0.25) is 0 Å². The third kappa shape index (κ3) is 3.15. The summed E-state index contributed by atoms with van der Waals surface area (Å²) in [6, 6.07) is 12.0. The number of carbonyl (C=O) groups excluding carboxylic acids is 1. The maximum Gasteiger partial charge on any atom is 0.255 e. The van der Waals surface area contributed by atoms with Crippen LogP contribution in [0.4, 0.5) is 10.2 Å². The predicted octanol–water partition coefficient (Wildman–Crippen LogP) is 2.73. The van der Waals surface area contributed by atoms with Gasteiger partial charge in [-0.05, 0) is 36.4 Å². The molecule has 0 bridgehead atoms. The van der Waals surface area contributed by atoms with Crippen molar-refractivity contribution in [1.29, 1.82) is 0 Å². The lowest BCUT2D eigenvalue weighted by atomic mass is 10.2. The third-order valence-electron chi connectivity index (χ3n) is 4.44. The van der Waals surface area contributed by atoms with Crippen LogP contribution in [0.5, 0.6) is 0 Å². The molecule has 25 heavy (non-hydrogen) atoms. The van der Waals surface area contributed by atoms with Crippen molar-refractivity contribution < 1.29 is 9.18 Å². The molecular formula is C19H17FN4O. The normalized spacial score (nSPS) is 14.8. The molecule has 0 spiro atoms. The Morgan fingerprint density at radius 1 is 1.04 bits per heavy atom. The second-order valence-electron chi connectivity index (χ2n) is 6.03. The fourth-order valence-corrected chi connectivity index (χ4v) is 3.07.